The lowest BCUT2D eigenvalue weighted by Crippen LogP contribution is -2.20. The van der Waals surface area contributed by atoms with E-state index in [0.29, 0.717) is 12.8 Å². The van der Waals surface area contributed by atoms with Crippen molar-refractivity contribution in [3.63, 3.8) is 0 Å². The maximum atomic E-state index is 12.0. The number of carbonyl (C=O) groups is 2. The number of aliphatic carboxylic acids is 1. The lowest BCUT2D eigenvalue weighted by molar-refractivity contribution is -0.137. The Morgan fingerprint density at radius 3 is 2.68 bits per heavy atom. The molecule has 0 aromatic heterocycles. The van der Waals surface area contributed by atoms with Crippen LogP contribution in [-0.4, -0.2) is 28.1 Å². The highest BCUT2D eigenvalue weighted by Gasteiger charge is 2.39. The van der Waals surface area contributed by atoms with Gasteiger partial charge in [-0.15, -0.1) is 0 Å². The maximum Gasteiger partial charge on any atom is 0.303 e. The standard InChI is InChI=1S/C18H30O4/c1-2-3-4-5-6-7-10-14-15(17(20)13-16(14)19)11-8-9-12-18(21)22/h6-7,14-16,19H,2-5,8-13H2,1H3,(H,21,22). The average molecular weight is 310 g/mol. The van der Waals surface area contributed by atoms with E-state index >= 15 is 0 Å². The maximum absolute atomic E-state index is 12.0. The van der Waals surface area contributed by atoms with E-state index in [1.165, 1.54) is 19.3 Å². The molecular weight excluding hydrogens is 280 g/mol. The van der Waals surface area contributed by atoms with Crippen molar-refractivity contribution in [3.05, 3.63) is 12.2 Å². The molecule has 1 saturated carbocycles. The van der Waals surface area contributed by atoms with E-state index < -0.39 is 12.1 Å². The molecule has 1 aliphatic rings. The topological polar surface area (TPSA) is 74.6 Å². The van der Waals surface area contributed by atoms with Gasteiger partial charge < -0.3 is 10.2 Å². The molecule has 2 N–H and O–H groups in total. The van der Waals surface area contributed by atoms with Crippen LogP contribution in [0.4, 0.5) is 0 Å². The number of rotatable bonds is 11. The molecule has 0 aliphatic heterocycles. The first-order valence-corrected chi connectivity index (χ1v) is 8.63. The summed E-state index contributed by atoms with van der Waals surface area (Å²) >= 11 is 0. The molecule has 0 radical (unpaired) electrons. The summed E-state index contributed by atoms with van der Waals surface area (Å²) in [5.41, 5.74) is 0. The molecule has 0 saturated heterocycles. The predicted molar refractivity (Wildman–Crippen MR) is 86.6 cm³/mol. The van der Waals surface area contributed by atoms with Crippen LogP contribution < -0.4 is 0 Å². The minimum Gasteiger partial charge on any atom is -0.481 e. The smallest absolute Gasteiger partial charge is 0.303 e. The van der Waals surface area contributed by atoms with Crippen molar-refractivity contribution in [3.8, 4) is 0 Å². The van der Waals surface area contributed by atoms with Gasteiger partial charge in [-0.2, -0.15) is 0 Å². The fraction of sp³-hybridized carbons (Fsp3) is 0.778. The molecule has 126 valence electrons. The molecule has 0 amide bonds. The molecule has 4 nitrogen and oxygen atoms in total. The van der Waals surface area contributed by atoms with Crippen LogP contribution in [0.25, 0.3) is 0 Å². The zero-order valence-electron chi connectivity index (χ0n) is 13.7. The highest BCUT2D eigenvalue weighted by atomic mass is 16.4. The third-order valence-electron chi connectivity index (χ3n) is 4.54. The summed E-state index contributed by atoms with van der Waals surface area (Å²) in [7, 11) is 0. The summed E-state index contributed by atoms with van der Waals surface area (Å²) in [6, 6.07) is 0. The predicted octanol–water partition coefficient (Wildman–Crippen LogP) is 3.72. The lowest BCUT2D eigenvalue weighted by Gasteiger charge is -2.19. The highest BCUT2D eigenvalue weighted by Crippen LogP contribution is 2.35. The van der Waals surface area contributed by atoms with E-state index in [-0.39, 0.29) is 30.5 Å². The van der Waals surface area contributed by atoms with Crippen LogP contribution in [0.3, 0.4) is 0 Å². The largest absolute Gasteiger partial charge is 0.481 e. The second kappa shape index (κ2) is 10.5. The molecule has 22 heavy (non-hydrogen) atoms. The van der Waals surface area contributed by atoms with Crippen molar-refractivity contribution in [2.24, 2.45) is 11.8 Å². The zero-order valence-corrected chi connectivity index (χ0v) is 13.7. The quantitative estimate of drug-likeness (QED) is 0.450. The van der Waals surface area contributed by atoms with Gasteiger partial charge in [-0.1, -0.05) is 38.3 Å². The molecule has 3 atom stereocenters. The van der Waals surface area contributed by atoms with Crippen molar-refractivity contribution in [1.29, 1.82) is 0 Å². The van der Waals surface area contributed by atoms with E-state index in [2.05, 4.69) is 19.1 Å². The van der Waals surface area contributed by atoms with Gasteiger partial charge in [-0.25, -0.2) is 0 Å². The highest BCUT2D eigenvalue weighted by molar-refractivity contribution is 5.84. The number of allylic oxidation sites excluding steroid dienone is 2. The Labute approximate surface area is 133 Å². The van der Waals surface area contributed by atoms with Gasteiger partial charge in [0.2, 0.25) is 0 Å². The van der Waals surface area contributed by atoms with Crippen LogP contribution in [0, 0.1) is 11.8 Å². The van der Waals surface area contributed by atoms with Gasteiger partial charge in [-0.05, 0) is 38.0 Å². The van der Waals surface area contributed by atoms with E-state index in [9.17, 15) is 14.7 Å². The monoisotopic (exact) mass is 310 g/mol. The Bertz CT molecular complexity index is 375. The van der Waals surface area contributed by atoms with Crippen LogP contribution in [0.1, 0.15) is 71.1 Å². The fourth-order valence-corrected chi connectivity index (χ4v) is 3.24. The van der Waals surface area contributed by atoms with Gasteiger partial charge in [0.1, 0.15) is 5.78 Å². The molecular formula is C18H30O4. The number of carbonyl (C=O) groups excluding carboxylic acids is 1. The lowest BCUT2D eigenvalue weighted by atomic mass is 9.87. The third-order valence-corrected chi connectivity index (χ3v) is 4.54. The summed E-state index contributed by atoms with van der Waals surface area (Å²) in [6.07, 6.45) is 11.7. The summed E-state index contributed by atoms with van der Waals surface area (Å²) in [6.45, 7) is 2.18. The second-order valence-electron chi connectivity index (χ2n) is 6.35. The van der Waals surface area contributed by atoms with Crippen LogP contribution in [0.15, 0.2) is 12.2 Å². The van der Waals surface area contributed by atoms with Gasteiger partial charge in [0, 0.05) is 18.8 Å². The molecule has 0 heterocycles. The van der Waals surface area contributed by atoms with Crippen LogP contribution >= 0.6 is 0 Å². The second-order valence-corrected chi connectivity index (χ2v) is 6.35. The average Bonchev–Trinajstić information content (AvgIpc) is 2.73. The molecule has 4 heteroatoms. The van der Waals surface area contributed by atoms with Crippen LogP contribution in [0.5, 0.6) is 0 Å². The van der Waals surface area contributed by atoms with Gasteiger partial charge in [0.15, 0.2) is 0 Å². The molecule has 0 aromatic rings. The minimum atomic E-state index is -0.788. The van der Waals surface area contributed by atoms with E-state index in [4.69, 9.17) is 5.11 Å². The van der Waals surface area contributed by atoms with Gasteiger partial charge >= 0.3 is 5.97 Å². The van der Waals surface area contributed by atoms with E-state index in [1.54, 1.807) is 0 Å². The number of hydrogen-bond acceptors (Lipinski definition) is 3. The Morgan fingerprint density at radius 2 is 2.00 bits per heavy atom. The van der Waals surface area contributed by atoms with E-state index in [1.807, 2.05) is 0 Å². The summed E-state index contributed by atoms with van der Waals surface area (Å²) < 4.78 is 0. The first-order valence-electron chi connectivity index (χ1n) is 8.63. The number of unbranched alkanes of at least 4 members (excludes halogenated alkanes) is 4. The zero-order chi connectivity index (χ0) is 16.4. The molecule has 3 unspecified atom stereocenters. The number of hydrogen-bond donors (Lipinski definition) is 2. The first kappa shape index (κ1) is 18.9. The molecule has 1 fully saturated rings. The number of aliphatic hydroxyl groups is 1. The third kappa shape index (κ3) is 6.73. The van der Waals surface area contributed by atoms with Gasteiger partial charge in [-0.3, -0.25) is 9.59 Å². The number of ketones is 1. The first-order chi connectivity index (χ1) is 10.6. The Balaban J connectivity index is 2.36. The molecule has 1 rings (SSSR count). The molecule has 0 aromatic carbocycles. The number of carboxylic acids is 1. The van der Waals surface area contributed by atoms with Crippen molar-refractivity contribution in [1.82, 2.24) is 0 Å². The normalized spacial score (nSPS) is 25.2. The minimum absolute atomic E-state index is 0.0137. The van der Waals surface area contributed by atoms with E-state index in [0.717, 1.165) is 19.3 Å². The number of aliphatic hydroxyl groups excluding tert-OH is 1. The van der Waals surface area contributed by atoms with Crippen molar-refractivity contribution in [2.75, 3.05) is 0 Å². The molecule has 1 aliphatic carbocycles. The number of Topliss-reactive ketones (excluding diaryl/α,β-unsaturated/α-hetero) is 1. The SMILES string of the molecule is CCCCCC=CCC1C(O)CC(=O)C1CCCCC(=O)O. The summed E-state index contributed by atoms with van der Waals surface area (Å²) in [5.74, 6) is -0.722. The van der Waals surface area contributed by atoms with Gasteiger partial charge in [0.25, 0.3) is 0 Å². The summed E-state index contributed by atoms with van der Waals surface area (Å²) in [4.78, 5) is 22.5. The van der Waals surface area contributed by atoms with Crippen LogP contribution in [-0.2, 0) is 9.59 Å². The van der Waals surface area contributed by atoms with Crippen molar-refractivity contribution < 1.29 is 19.8 Å². The summed E-state index contributed by atoms with van der Waals surface area (Å²) in [5, 5.41) is 18.7. The Kier molecular flexibility index (Phi) is 9.05. The van der Waals surface area contributed by atoms with Crippen molar-refractivity contribution in [2.45, 2.75) is 77.2 Å². The Hall–Kier alpha value is -1.16. The molecule has 0 spiro atoms. The van der Waals surface area contributed by atoms with Crippen molar-refractivity contribution >= 4 is 11.8 Å². The van der Waals surface area contributed by atoms with Crippen LogP contribution in [0.2, 0.25) is 0 Å². The number of carboxylic acid groups (broad SMARTS) is 1. The molecule has 0 bridgehead atoms. The van der Waals surface area contributed by atoms with Gasteiger partial charge in [0.05, 0.1) is 6.10 Å². The Morgan fingerprint density at radius 1 is 1.23 bits per heavy atom. The fourth-order valence-electron chi connectivity index (χ4n) is 3.24.